The molecule has 0 atom stereocenters. The minimum atomic E-state index is -0.422. The molecule has 29 heavy (non-hydrogen) atoms. The van der Waals surface area contributed by atoms with Crippen LogP contribution in [0.25, 0.3) is 5.69 Å². The van der Waals surface area contributed by atoms with Crippen molar-refractivity contribution in [3.63, 3.8) is 0 Å². The number of nitrogens with one attached hydrogen (secondary N) is 1. The maximum absolute atomic E-state index is 13.5. The van der Waals surface area contributed by atoms with Gasteiger partial charge in [0.1, 0.15) is 11.6 Å². The van der Waals surface area contributed by atoms with E-state index in [1.54, 1.807) is 18.2 Å². The number of amides is 1. The number of halogens is 1. The lowest BCUT2D eigenvalue weighted by atomic mass is 9.96. The lowest BCUT2D eigenvalue weighted by molar-refractivity contribution is -0.125. The average molecular weight is 402 g/mol. The third-order valence-electron chi connectivity index (χ3n) is 5.00. The Morgan fingerprint density at radius 3 is 2.79 bits per heavy atom. The van der Waals surface area contributed by atoms with Gasteiger partial charge in [-0.1, -0.05) is 6.07 Å². The molecule has 1 amide bonds. The summed E-state index contributed by atoms with van der Waals surface area (Å²) in [6, 6.07) is 8.90. The molecule has 2 aromatic rings. The number of piperidine rings is 1. The zero-order chi connectivity index (χ0) is 20.6. The minimum Gasteiger partial charge on any atom is -0.382 e. The van der Waals surface area contributed by atoms with Crippen molar-refractivity contribution >= 4 is 11.7 Å². The van der Waals surface area contributed by atoms with Crippen molar-refractivity contribution in [2.75, 3.05) is 37.7 Å². The van der Waals surface area contributed by atoms with Crippen molar-refractivity contribution in [3.8, 4) is 5.69 Å². The van der Waals surface area contributed by atoms with E-state index in [1.165, 1.54) is 22.9 Å². The van der Waals surface area contributed by atoms with Crippen molar-refractivity contribution in [2.24, 2.45) is 5.92 Å². The van der Waals surface area contributed by atoms with E-state index in [-0.39, 0.29) is 17.4 Å². The molecule has 1 aliphatic rings. The summed E-state index contributed by atoms with van der Waals surface area (Å²) in [6.45, 7) is 5.26. The first-order valence-electron chi connectivity index (χ1n) is 10.0. The smallest absolute Gasteiger partial charge is 0.271 e. The molecule has 1 N–H and O–H groups in total. The second kappa shape index (κ2) is 10.2. The van der Waals surface area contributed by atoms with Gasteiger partial charge in [-0.25, -0.2) is 4.39 Å². The maximum Gasteiger partial charge on any atom is 0.271 e. The van der Waals surface area contributed by atoms with Crippen LogP contribution >= 0.6 is 0 Å². The predicted octanol–water partition coefficient (Wildman–Crippen LogP) is 2.13. The Morgan fingerprint density at radius 1 is 1.28 bits per heavy atom. The molecule has 0 saturated carbocycles. The van der Waals surface area contributed by atoms with Gasteiger partial charge in [0.2, 0.25) is 5.91 Å². The van der Waals surface area contributed by atoms with E-state index in [0.29, 0.717) is 44.4 Å². The highest BCUT2D eigenvalue weighted by Gasteiger charge is 2.25. The molecule has 2 heterocycles. The molecule has 1 aliphatic heterocycles. The van der Waals surface area contributed by atoms with Crippen LogP contribution in [0.5, 0.6) is 0 Å². The molecule has 0 spiro atoms. The van der Waals surface area contributed by atoms with Crippen molar-refractivity contribution in [2.45, 2.75) is 26.2 Å². The molecule has 1 aromatic heterocycles. The first kappa shape index (κ1) is 21.0. The third-order valence-corrected chi connectivity index (χ3v) is 5.00. The Kier molecular flexibility index (Phi) is 7.35. The van der Waals surface area contributed by atoms with E-state index in [4.69, 9.17) is 4.74 Å². The summed E-state index contributed by atoms with van der Waals surface area (Å²) in [5, 5.41) is 7.38. The van der Waals surface area contributed by atoms with Gasteiger partial charge in [0.25, 0.3) is 5.56 Å². The lowest BCUT2D eigenvalue weighted by Crippen LogP contribution is -2.41. The third kappa shape index (κ3) is 5.63. The molecule has 0 bridgehead atoms. The highest BCUT2D eigenvalue weighted by atomic mass is 19.1. The molecule has 156 valence electrons. The summed E-state index contributed by atoms with van der Waals surface area (Å²) in [6.07, 6.45) is 2.25. The summed E-state index contributed by atoms with van der Waals surface area (Å²) >= 11 is 0. The van der Waals surface area contributed by atoms with Gasteiger partial charge in [-0.3, -0.25) is 9.59 Å². The van der Waals surface area contributed by atoms with E-state index in [9.17, 15) is 14.0 Å². The highest BCUT2D eigenvalue weighted by molar-refractivity contribution is 5.78. The van der Waals surface area contributed by atoms with E-state index >= 15 is 0 Å². The van der Waals surface area contributed by atoms with Crippen molar-refractivity contribution in [1.82, 2.24) is 15.1 Å². The summed E-state index contributed by atoms with van der Waals surface area (Å²) < 4.78 is 20.0. The SMILES string of the molecule is CCOCCCNC(=O)C1CCN(c2ccc(=O)n(-c3cccc(F)c3)n2)CC1. The molecule has 1 fully saturated rings. The predicted molar refractivity (Wildman–Crippen MR) is 109 cm³/mol. The molecular formula is C21H27FN4O3. The quantitative estimate of drug-likeness (QED) is 0.685. The number of aromatic nitrogens is 2. The fraction of sp³-hybridized carbons (Fsp3) is 0.476. The summed E-state index contributed by atoms with van der Waals surface area (Å²) in [4.78, 5) is 26.5. The van der Waals surface area contributed by atoms with Crippen LogP contribution in [0.4, 0.5) is 10.2 Å². The first-order chi connectivity index (χ1) is 14.1. The molecule has 1 saturated heterocycles. The van der Waals surface area contributed by atoms with Gasteiger partial charge < -0.3 is 15.0 Å². The van der Waals surface area contributed by atoms with Crippen LogP contribution in [0.15, 0.2) is 41.2 Å². The standard InChI is InChI=1S/C21H27FN4O3/c1-2-29-14-4-11-23-21(28)16-9-12-25(13-10-16)19-7-8-20(27)26(24-19)18-6-3-5-17(22)15-18/h3,5-8,15-16H,2,4,9-14H2,1H3,(H,23,28). The number of anilines is 1. The van der Waals surface area contributed by atoms with Crippen LogP contribution in [-0.2, 0) is 9.53 Å². The Balaban J connectivity index is 1.58. The number of rotatable bonds is 8. The van der Waals surface area contributed by atoms with Gasteiger partial charge in [0.15, 0.2) is 0 Å². The maximum atomic E-state index is 13.5. The van der Waals surface area contributed by atoms with Gasteiger partial charge in [-0.2, -0.15) is 4.68 Å². The minimum absolute atomic E-state index is 0.0209. The average Bonchev–Trinajstić information content (AvgIpc) is 2.74. The molecule has 1 aromatic carbocycles. The van der Waals surface area contributed by atoms with E-state index in [2.05, 4.69) is 10.4 Å². The molecule has 0 aliphatic carbocycles. The van der Waals surface area contributed by atoms with Crippen molar-refractivity contribution in [3.05, 3.63) is 52.6 Å². The van der Waals surface area contributed by atoms with Crippen LogP contribution in [0.2, 0.25) is 0 Å². The first-order valence-corrected chi connectivity index (χ1v) is 10.0. The number of hydrogen-bond donors (Lipinski definition) is 1. The number of nitrogens with zero attached hydrogens (tertiary/aromatic N) is 3. The normalized spacial score (nSPS) is 14.8. The van der Waals surface area contributed by atoms with Crippen LogP contribution in [0.1, 0.15) is 26.2 Å². The van der Waals surface area contributed by atoms with E-state index in [1.807, 2.05) is 11.8 Å². The summed E-state index contributed by atoms with van der Waals surface area (Å²) in [5.74, 6) is 0.283. The lowest BCUT2D eigenvalue weighted by Gasteiger charge is -2.32. The van der Waals surface area contributed by atoms with Crippen LogP contribution in [0, 0.1) is 11.7 Å². The van der Waals surface area contributed by atoms with Crippen molar-refractivity contribution < 1.29 is 13.9 Å². The number of carbonyl (C=O) groups is 1. The van der Waals surface area contributed by atoms with Crippen LogP contribution in [0.3, 0.4) is 0 Å². The van der Waals surface area contributed by atoms with Crippen LogP contribution < -0.4 is 15.8 Å². The second-order valence-electron chi connectivity index (χ2n) is 7.02. The van der Waals surface area contributed by atoms with Gasteiger partial charge in [-0.15, -0.1) is 5.10 Å². The highest BCUT2D eigenvalue weighted by Crippen LogP contribution is 2.21. The molecule has 0 unspecified atom stereocenters. The van der Waals surface area contributed by atoms with E-state index in [0.717, 1.165) is 19.3 Å². The number of carbonyl (C=O) groups excluding carboxylic acids is 1. The zero-order valence-corrected chi connectivity index (χ0v) is 16.6. The number of hydrogen-bond acceptors (Lipinski definition) is 5. The Morgan fingerprint density at radius 2 is 2.07 bits per heavy atom. The summed E-state index contributed by atoms with van der Waals surface area (Å²) in [7, 11) is 0. The van der Waals surface area contributed by atoms with Crippen LogP contribution in [-0.4, -0.2) is 48.5 Å². The zero-order valence-electron chi connectivity index (χ0n) is 16.6. The Bertz CT molecular complexity index is 878. The number of benzene rings is 1. The second-order valence-corrected chi connectivity index (χ2v) is 7.02. The molecular weight excluding hydrogens is 375 g/mol. The topological polar surface area (TPSA) is 76.5 Å². The van der Waals surface area contributed by atoms with Crippen molar-refractivity contribution in [1.29, 1.82) is 0 Å². The molecule has 0 radical (unpaired) electrons. The molecule has 7 nitrogen and oxygen atoms in total. The Hall–Kier alpha value is -2.74. The fourth-order valence-corrected chi connectivity index (χ4v) is 3.41. The molecule has 8 heteroatoms. The largest absolute Gasteiger partial charge is 0.382 e. The molecule has 3 rings (SSSR count). The van der Waals surface area contributed by atoms with Gasteiger partial charge in [-0.05, 0) is 50.5 Å². The Labute approximate surface area is 169 Å². The monoisotopic (exact) mass is 402 g/mol. The van der Waals surface area contributed by atoms with Gasteiger partial charge in [0, 0.05) is 44.8 Å². The van der Waals surface area contributed by atoms with Gasteiger partial charge >= 0.3 is 0 Å². The summed E-state index contributed by atoms with van der Waals surface area (Å²) in [5.41, 5.74) is 0.0684. The fourth-order valence-electron chi connectivity index (χ4n) is 3.41. The number of ether oxygens (including phenoxy) is 1. The van der Waals surface area contributed by atoms with E-state index < -0.39 is 5.82 Å². The van der Waals surface area contributed by atoms with Gasteiger partial charge in [0.05, 0.1) is 5.69 Å².